The number of aliphatic hydroxyl groups is 1. The zero-order chi connectivity index (χ0) is 8.53. The second-order valence-corrected chi connectivity index (χ2v) is 3.75. The standard InChI is InChI=1S/C8H19NOS/c1-3-4-5-11-7-8(6-10)9-2/h8-10H,3-7H2,1-2H3. The molecule has 0 aliphatic rings. The first kappa shape index (κ1) is 11.3. The number of unbranched alkanes of at least 4 members (excludes halogenated alkanes) is 1. The number of nitrogens with one attached hydrogen (secondary N) is 1. The third kappa shape index (κ3) is 6.66. The van der Waals surface area contributed by atoms with Crippen LogP contribution < -0.4 is 5.32 Å². The lowest BCUT2D eigenvalue weighted by atomic mass is 10.4. The van der Waals surface area contributed by atoms with Crippen molar-refractivity contribution < 1.29 is 5.11 Å². The summed E-state index contributed by atoms with van der Waals surface area (Å²) in [6.07, 6.45) is 2.54. The first-order chi connectivity index (χ1) is 5.35. The van der Waals surface area contributed by atoms with Crippen molar-refractivity contribution in [2.45, 2.75) is 25.8 Å². The van der Waals surface area contributed by atoms with Crippen molar-refractivity contribution in [1.82, 2.24) is 5.32 Å². The van der Waals surface area contributed by atoms with E-state index >= 15 is 0 Å². The molecule has 0 saturated carbocycles. The van der Waals surface area contributed by atoms with Gasteiger partial charge < -0.3 is 10.4 Å². The number of hydrogen-bond donors (Lipinski definition) is 2. The topological polar surface area (TPSA) is 32.3 Å². The molecule has 1 atom stereocenters. The molecule has 0 bridgehead atoms. The third-order valence-corrected chi connectivity index (χ3v) is 2.81. The number of hydrogen-bond acceptors (Lipinski definition) is 3. The minimum Gasteiger partial charge on any atom is -0.395 e. The van der Waals surface area contributed by atoms with Crippen LogP contribution in [0.15, 0.2) is 0 Å². The van der Waals surface area contributed by atoms with E-state index in [1.165, 1.54) is 18.6 Å². The Kier molecular flexibility index (Phi) is 8.57. The van der Waals surface area contributed by atoms with E-state index in [9.17, 15) is 0 Å². The van der Waals surface area contributed by atoms with Crippen molar-refractivity contribution in [2.75, 3.05) is 25.2 Å². The minimum atomic E-state index is 0.246. The molecule has 2 nitrogen and oxygen atoms in total. The van der Waals surface area contributed by atoms with Gasteiger partial charge in [-0.2, -0.15) is 11.8 Å². The van der Waals surface area contributed by atoms with Gasteiger partial charge in [0.15, 0.2) is 0 Å². The molecule has 1 unspecified atom stereocenters. The molecule has 0 rings (SSSR count). The van der Waals surface area contributed by atoms with Crippen molar-refractivity contribution in [1.29, 1.82) is 0 Å². The average molecular weight is 177 g/mol. The quantitative estimate of drug-likeness (QED) is 0.571. The van der Waals surface area contributed by atoms with E-state index in [2.05, 4.69) is 12.2 Å². The maximum atomic E-state index is 8.81. The van der Waals surface area contributed by atoms with Crippen LogP contribution in [0.4, 0.5) is 0 Å². The smallest absolute Gasteiger partial charge is 0.0592 e. The fourth-order valence-corrected chi connectivity index (χ4v) is 1.92. The maximum Gasteiger partial charge on any atom is 0.0592 e. The average Bonchev–Trinajstić information content (AvgIpc) is 2.05. The van der Waals surface area contributed by atoms with E-state index < -0.39 is 0 Å². The second-order valence-electron chi connectivity index (χ2n) is 2.60. The molecule has 0 aliphatic carbocycles. The Morgan fingerprint density at radius 1 is 1.55 bits per heavy atom. The molecule has 3 heteroatoms. The molecule has 2 N–H and O–H groups in total. The summed E-state index contributed by atoms with van der Waals surface area (Å²) in [6.45, 7) is 2.44. The molecule has 0 aromatic heterocycles. The van der Waals surface area contributed by atoms with Gasteiger partial charge in [-0.3, -0.25) is 0 Å². The summed E-state index contributed by atoms with van der Waals surface area (Å²) in [4.78, 5) is 0. The molecule has 0 aromatic carbocycles. The van der Waals surface area contributed by atoms with Gasteiger partial charge in [0.25, 0.3) is 0 Å². The fourth-order valence-electron chi connectivity index (χ4n) is 0.699. The molecule has 0 radical (unpaired) electrons. The van der Waals surface area contributed by atoms with Gasteiger partial charge in [0.05, 0.1) is 6.61 Å². The molecule has 0 spiro atoms. The van der Waals surface area contributed by atoms with Crippen LogP contribution in [0.25, 0.3) is 0 Å². The highest BCUT2D eigenvalue weighted by molar-refractivity contribution is 7.99. The lowest BCUT2D eigenvalue weighted by Gasteiger charge is -2.11. The highest BCUT2D eigenvalue weighted by atomic mass is 32.2. The fraction of sp³-hybridized carbons (Fsp3) is 1.00. The van der Waals surface area contributed by atoms with Gasteiger partial charge in [-0.15, -0.1) is 0 Å². The lowest BCUT2D eigenvalue weighted by Crippen LogP contribution is -2.31. The number of likely N-dealkylation sites (N-methyl/N-ethyl adjacent to an activating group) is 1. The summed E-state index contributed by atoms with van der Waals surface area (Å²) in [5.74, 6) is 2.24. The molecule has 0 saturated heterocycles. The van der Waals surface area contributed by atoms with Gasteiger partial charge in [-0.05, 0) is 19.2 Å². The molecule has 11 heavy (non-hydrogen) atoms. The minimum absolute atomic E-state index is 0.246. The zero-order valence-corrected chi connectivity index (χ0v) is 8.28. The summed E-state index contributed by atoms with van der Waals surface area (Å²) in [5.41, 5.74) is 0. The zero-order valence-electron chi connectivity index (χ0n) is 7.47. The Balaban J connectivity index is 3.07. The van der Waals surface area contributed by atoms with Crippen molar-refractivity contribution in [2.24, 2.45) is 0 Å². The van der Waals surface area contributed by atoms with E-state index in [1.807, 2.05) is 18.8 Å². The van der Waals surface area contributed by atoms with E-state index in [0.29, 0.717) is 0 Å². The highest BCUT2D eigenvalue weighted by Crippen LogP contribution is 2.05. The normalized spacial score (nSPS) is 13.4. The van der Waals surface area contributed by atoms with Gasteiger partial charge in [0.2, 0.25) is 0 Å². The Morgan fingerprint density at radius 3 is 2.73 bits per heavy atom. The monoisotopic (exact) mass is 177 g/mol. The van der Waals surface area contributed by atoms with E-state index in [1.54, 1.807) is 0 Å². The Morgan fingerprint density at radius 2 is 2.27 bits per heavy atom. The van der Waals surface area contributed by atoms with Crippen molar-refractivity contribution in [3.63, 3.8) is 0 Å². The van der Waals surface area contributed by atoms with Crippen LogP contribution in [0.3, 0.4) is 0 Å². The molecule has 0 heterocycles. The SMILES string of the molecule is CCCCSCC(CO)NC. The highest BCUT2D eigenvalue weighted by Gasteiger charge is 2.02. The van der Waals surface area contributed by atoms with E-state index in [0.717, 1.165) is 5.75 Å². The molecule has 0 amide bonds. The Labute approximate surface area is 73.8 Å². The summed E-state index contributed by atoms with van der Waals surface area (Å²) in [7, 11) is 1.89. The summed E-state index contributed by atoms with van der Waals surface area (Å²) >= 11 is 1.91. The molecule has 0 fully saturated rings. The van der Waals surface area contributed by atoms with Gasteiger partial charge in [-0.1, -0.05) is 13.3 Å². The molecule has 0 aromatic rings. The van der Waals surface area contributed by atoms with Crippen LogP contribution in [0.2, 0.25) is 0 Å². The first-order valence-electron chi connectivity index (χ1n) is 4.21. The number of aliphatic hydroxyl groups excluding tert-OH is 1. The largest absolute Gasteiger partial charge is 0.395 e. The van der Waals surface area contributed by atoms with Crippen molar-refractivity contribution in [3.05, 3.63) is 0 Å². The molecule has 68 valence electrons. The summed E-state index contributed by atoms with van der Waals surface area (Å²) in [6, 6.07) is 0.275. The van der Waals surface area contributed by atoms with Gasteiger partial charge in [0, 0.05) is 11.8 Å². The van der Waals surface area contributed by atoms with E-state index in [4.69, 9.17) is 5.11 Å². The van der Waals surface area contributed by atoms with Crippen molar-refractivity contribution in [3.8, 4) is 0 Å². The predicted octanol–water partition coefficient (Wildman–Crippen LogP) is 1.10. The summed E-state index contributed by atoms with van der Waals surface area (Å²) in [5, 5.41) is 11.9. The number of rotatable bonds is 7. The third-order valence-electron chi connectivity index (χ3n) is 1.59. The maximum absolute atomic E-state index is 8.81. The van der Waals surface area contributed by atoms with Crippen LogP contribution in [0, 0.1) is 0 Å². The van der Waals surface area contributed by atoms with Gasteiger partial charge in [0.1, 0.15) is 0 Å². The van der Waals surface area contributed by atoms with Crippen LogP contribution in [-0.4, -0.2) is 36.3 Å². The molecular formula is C8H19NOS. The predicted molar refractivity (Wildman–Crippen MR) is 52.2 cm³/mol. The van der Waals surface area contributed by atoms with Gasteiger partial charge >= 0.3 is 0 Å². The summed E-state index contributed by atoms with van der Waals surface area (Å²) < 4.78 is 0. The second kappa shape index (κ2) is 8.37. The van der Waals surface area contributed by atoms with E-state index in [-0.39, 0.29) is 12.6 Å². The number of thioether (sulfide) groups is 1. The van der Waals surface area contributed by atoms with Crippen LogP contribution in [0.1, 0.15) is 19.8 Å². The van der Waals surface area contributed by atoms with Crippen LogP contribution >= 0.6 is 11.8 Å². The van der Waals surface area contributed by atoms with Crippen LogP contribution in [0.5, 0.6) is 0 Å². The van der Waals surface area contributed by atoms with Gasteiger partial charge in [-0.25, -0.2) is 0 Å². The first-order valence-corrected chi connectivity index (χ1v) is 5.36. The van der Waals surface area contributed by atoms with Crippen LogP contribution in [-0.2, 0) is 0 Å². The molecule has 0 aliphatic heterocycles. The lowest BCUT2D eigenvalue weighted by molar-refractivity contribution is 0.260. The Bertz CT molecular complexity index is 76.5. The Hall–Kier alpha value is 0.270. The molecular weight excluding hydrogens is 158 g/mol. The van der Waals surface area contributed by atoms with Crippen molar-refractivity contribution >= 4 is 11.8 Å².